The van der Waals surface area contributed by atoms with Gasteiger partial charge in [0.05, 0.1) is 12.1 Å². The summed E-state index contributed by atoms with van der Waals surface area (Å²) in [7, 11) is 1.67. The van der Waals surface area contributed by atoms with Gasteiger partial charge < -0.3 is 10.2 Å². The second-order valence-corrected chi connectivity index (χ2v) is 6.36. The van der Waals surface area contributed by atoms with Crippen molar-refractivity contribution < 1.29 is 13.2 Å². The molecule has 0 saturated carbocycles. The number of hydrogen-bond acceptors (Lipinski definition) is 3. The highest BCUT2D eigenvalue weighted by Gasteiger charge is 2.27. The summed E-state index contributed by atoms with van der Waals surface area (Å²) in [4.78, 5) is 5.93. The summed E-state index contributed by atoms with van der Waals surface area (Å²) in [6.45, 7) is 7.39. The van der Waals surface area contributed by atoms with E-state index in [1.807, 2.05) is 12.1 Å². The van der Waals surface area contributed by atoms with Crippen LogP contribution in [0.1, 0.15) is 38.4 Å². The van der Waals surface area contributed by atoms with Crippen molar-refractivity contribution in [3.8, 4) is 0 Å². The van der Waals surface area contributed by atoms with Gasteiger partial charge in [-0.1, -0.05) is 6.07 Å². The summed E-state index contributed by atoms with van der Waals surface area (Å²) in [5.74, 6) is 0. The van der Waals surface area contributed by atoms with Gasteiger partial charge in [-0.15, -0.1) is 0 Å². The Bertz CT molecular complexity index is 421. The van der Waals surface area contributed by atoms with Gasteiger partial charge in [-0.2, -0.15) is 13.2 Å². The minimum absolute atomic E-state index is 0.0154. The van der Waals surface area contributed by atoms with Crippen LogP contribution in [0.5, 0.6) is 0 Å². The molecule has 0 radical (unpaired) electrons. The fraction of sp³-hybridized carbons (Fsp3) is 0.667. The third kappa shape index (κ3) is 8.67. The molecule has 1 heterocycles. The van der Waals surface area contributed by atoms with Crippen molar-refractivity contribution in [2.24, 2.45) is 0 Å². The van der Waals surface area contributed by atoms with Crippen LogP contribution in [-0.4, -0.2) is 35.2 Å². The van der Waals surface area contributed by atoms with Crippen molar-refractivity contribution in [1.82, 2.24) is 15.2 Å². The summed E-state index contributed by atoms with van der Waals surface area (Å²) in [5.41, 5.74) is 1.88. The first-order chi connectivity index (χ1) is 9.55. The lowest BCUT2D eigenvalue weighted by molar-refractivity contribution is -0.137. The molecule has 21 heavy (non-hydrogen) atoms. The van der Waals surface area contributed by atoms with Gasteiger partial charge in [0, 0.05) is 31.4 Å². The van der Waals surface area contributed by atoms with E-state index >= 15 is 0 Å². The summed E-state index contributed by atoms with van der Waals surface area (Å²) in [6.07, 6.45) is -3.13. The normalized spacial score (nSPS) is 13.0. The first kappa shape index (κ1) is 17.9. The quantitative estimate of drug-likeness (QED) is 0.873. The largest absolute Gasteiger partial charge is 0.390 e. The van der Waals surface area contributed by atoms with Crippen molar-refractivity contribution in [2.45, 2.75) is 52.0 Å². The maximum absolute atomic E-state index is 12.1. The number of alkyl halides is 3. The molecule has 0 unspecified atom stereocenters. The Balaban J connectivity index is 2.43. The fourth-order valence-corrected chi connectivity index (χ4v) is 1.69. The van der Waals surface area contributed by atoms with E-state index in [0.29, 0.717) is 6.54 Å². The van der Waals surface area contributed by atoms with E-state index in [-0.39, 0.29) is 12.1 Å². The van der Waals surface area contributed by atoms with Crippen molar-refractivity contribution in [3.63, 3.8) is 0 Å². The van der Waals surface area contributed by atoms with E-state index < -0.39 is 12.6 Å². The zero-order valence-electron chi connectivity index (χ0n) is 13.1. The number of hydrogen-bond donors (Lipinski definition) is 1. The van der Waals surface area contributed by atoms with Crippen LogP contribution in [0.25, 0.3) is 0 Å². The zero-order valence-corrected chi connectivity index (χ0v) is 13.1. The summed E-state index contributed by atoms with van der Waals surface area (Å²) in [5, 5.41) is 3.36. The zero-order chi connectivity index (χ0) is 16.1. The maximum atomic E-state index is 12.1. The van der Waals surface area contributed by atoms with Crippen LogP contribution in [0.2, 0.25) is 0 Å². The van der Waals surface area contributed by atoms with E-state index in [1.165, 1.54) is 0 Å². The Kier molecular flexibility index (Phi) is 6.16. The topological polar surface area (TPSA) is 28.2 Å². The SMILES string of the molecule is CN(CCC(F)(F)F)Cc1ccc(CNC(C)(C)C)cn1. The van der Waals surface area contributed by atoms with Gasteiger partial charge in [0.2, 0.25) is 0 Å². The molecule has 3 nitrogen and oxygen atoms in total. The Morgan fingerprint density at radius 3 is 2.33 bits per heavy atom. The Hall–Kier alpha value is -1.14. The minimum Gasteiger partial charge on any atom is -0.308 e. The summed E-state index contributed by atoms with van der Waals surface area (Å²) < 4.78 is 36.4. The van der Waals surface area contributed by atoms with Crippen LogP contribution >= 0.6 is 0 Å². The highest BCUT2D eigenvalue weighted by molar-refractivity contribution is 5.14. The van der Waals surface area contributed by atoms with Crippen LogP contribution in [0.4, 0.5) is 13.2 Å². The number of pyridine rings is 1. The number of rotatable bonds is 6. The monoisotopic (exact) mass is 303 g/mol. The smallest absolute Gasteiger partial charge is 0.308 e. The molecular formula is C15H24F3N3. The molecule has 1 aromatic rings. The maximum Gasteiger partial charge on any atom is 0.390 e. The highest BCUT2D eigenvalue weighted by Crippen LogP contribution is 2.19. The number of halogens is 3. The van der Waals surface area contributed by atoms with Gasteiger partial charge in [0.15, 0.2) is 0 Å². The van der Waals surface area contributed by atoms with Crippen molar-refractivity contribution in [2.75, 3.05) is 13.6 Å². The highest BCUT2D eigenvalue weighted by atomic mass is 19.4. The lowest BCUT2D eigenvalue weighted by atomic mass is 10.1. The second-order valence-electron chi connectivity index (χ2n) is 6.36. The molecule has 0 bridgehead atoms. The van der Waals surface area contributed by atoms with E-state index in [2.05, 4.69) is 31.1 Å². The molecule has 6 heteroatoms. The van der Waals surface area contributed by atoms with Crippen molar-refractivity contribution >= 4 is 0 Å². The molecule has 0 spiro atoms. The molecule has 1 N–H and O–H groups in total. The van der Waals surface area contributed by atoms with Gasteiger partial charge in [-0.25, -0.2) is 0 Å². The molecule has 1 rings (SSSR count). The van der Waals surface area contributed by atoms with Crippen molar-refractivity contribution in [1.29, 1.82) is 0 Å². The molecule has 0 aromatic carbocycles. The molecule has 120 valence electrons. The molecule has 0 aliphatic rings. The molecule has 0 fully saturated rings. The van der Waals surface area contributed by atoms with E-state index in [0.717, 1.165) is 17.8 Å². The average molecular weight is 303 g/mol. The van der Waals surface area contributed by atoms with Crippen molar-refractivity contribution in [3.05, 3.63) is 29.6 Å². The summed E-state index contributed by atoms with van der Waals surface area (Å²) >= 11 is 0. The molecular weight excluding hydrogens is 279 g/mol. The van der Waals surface area contributed by atoms with E-state index in [9.17, 15) is 13.2 Å². The molecule has 0 aliphatic heterocycles. The van der Waals surface area contributed by atoms with Crippen LogP contribution < -0.4 is 5.32 Å². The standard InChI is InChI=1S/C15H24F3N3/c1-14(2,3)20-10-12-5-6-13(19-9-12)11-21(4)8-7-15(16,17)18/h5-6,9,20H,7-8,10-11H2,1-4H3. The van der Waals surface area contributed by atoms with Gasteiger partial charge in [0.25, 0.3) is 0 Å². The second kappa shape index (κ2) is 7.22. The molecule has 0 amide bonds. The number of nitrogens with zero attached hydrogens (tertiary/aromatic N) is 2. The number of aromatic nitrogens is 1. The average Bonchev–Trinajstić information content (AvgIpc) is 2.34. The first-order valence-corrected chi connectivity index (χ1v) is 6.99. The predicted molar refractivity (Wildman–Crippen MR) is 77.8 cm³/mol. The molecule has 0 saturated heterocycles. The fourth-order valence-electron chi connectivity index (χ4n) is 1.69. The predicted octanol–water partition coefficient (Wildman–Crippen LogP) is 3.35. The first-order valence-electron chi connectivity index (χ1n) is 6.99. The Morgan fingerprint density at radius 2 is 1.86 bits per heavy atom. The number of nitrogens with one attached hydrogen (secondary N) is 1. The minimum atomic E-state index is -4.11. The summed E-state index contributed by atoms with van der Waals surface area (Å²) in [6, 6.07) is 3.82. The van der Waals surface area contributed by atoms with Gasteiger partial charge in [-0.05, 0) is 39.4 Å². The van der Waals surface area contributed by atoms with Crippen LogP contribution in [0.3, 0.4) is 0 Å². The van der Waals surface area contributed by atoms with Gasteiger partial charge in [-0.3, -0.25) is 4.98 Å². The van der Waals surface area contributed by atoms with Crippen LogP contribution in [-0.2, 0) is 13.1 Å². The van der Waals surface area contributed by atoms with Gasteiger partial charge in [0.1, 0.15) is 0 Å². The molecule has 0 aliphatic carbocycles. The Morgan fingerprint density at radius 1 is 1.19 bits per heavy atom. The third-order valence-corrected chi connectivity index (χ3v) is 2.92. The third-order valence-electron chi connectivity index (χ3n) is 2.92. The Labute approximate surface area is 124 Å². The van der Waals surface area contributed by atoms with E-state index in [4.69, 9.17) is 0 Å². The molecule has 0 atom stereocenters. The lowest BCUT2D eigenvalue weighted by Gasteiger charge is -2.20. The van der Waals surface area contributed by atoms with Crippen LogP contribution in [0.15, 0.2) is 18.3 Å². The van der Waals surface area contributed by atoms with Gasteiger partial charge >= 0.3 is 6.18 Å². The van der Waals surface area contributed by atoms with E-state index in [1.54, 1.807) is 18.1 Å². The van der Waals surface area contributed by atoms with Crippen LogP contribution in [0, 0.1) is 0 Å². The molecule has 1 aromatic heterocycles. The lowest BCUT2D eigenvalue weighted by Crippen LogP contribution is -2.35.